The summed E-state index contributed by atoms with van der Waals surface area (Å²) >= 11 is 0. The standard InChI is InChI=1S/C23H23NO5.C12H12O2.C11H13NO4/c1-23(2)19(11-17(12-24)21(25)27-3)20(23)22(26)29-14-16-10-18(28-13-16)9-15-7-5-4-6-8-15;13-8-11-7-12(14-9-11)6-10-4-2-1-3-5-10;1-11(2)7(8(11)9(13)14)4-6(5-12)10(15)16-3/h4-8,10-11,13,19-20H,9,14H2,1-3H3;1-5,7,9,13H,6,8H2;4,7-8H,1-3H3,(H,13,14)/b17-11+;;6-4+. The average Bonchev–Trinajstić information content (AvgIpc) is 3.65. The second kappa shape index (κ2) is 20.1. The van der Waals surface area contributed by atoms with E-state index in [1.165, 1.54) is 31.9 Å². The van der Waals surface area contributed by atoms with Crippen molar-refractivity contribution in [2.75, 3.05) is 14.2 Å². The molecular formula is C46H48N2O11. The lowest BCUT2D eigenvalue weighted by molar-refractivity contribution is -0.147. The van der Waals surface area contributed by atoms with Gasteiger partial charge in [0.15, 0.2) is 0 Å². The van der Waals surface area contributed by atoms with Crippen LogP contribution in [0.5, 0.6) is 0 Å². The average molecular weight is 805 g/mol. The normalized spacial score (nSPS) is 19.5. The summed E-state index contributed by atoms with van der Waals surface area (Å²) in [5.74, 6) is -2.50. The number of aliphatic hydroxyl groups excluding tert-OH is 1. The predicted molar refractivity (Wildman–Crippen MR) is 212 cm³/mol. The van der Waals surface area contributed by atoms with Crippen molar-refractivity contribution < 1.29 is 52.4 Å². The molecule has 59 heavy (non-hydrogen) atoms. The summed E-state index contributed by atoms with van der Waals surface area (Å²) in [6.07, 6.45) is 7.53. The zero-order valence-corrected chi connectivity index (χ0v) is 33.8. The second-order valence-electron chi connectivity index (χ2n) is 15.3. The van der Waals surface area contributed by atoms with Crippen molar-refractivity contribution in [2.24, 2.45) is 34.5 Å². The van der Waals surface area contributed by atoms with Gasteiger partial charge >= 0.3 is 23.9 Å². The van der Waals surface area contributed by atoms with Crippen molar-refractivity contribution in [3.8, 4) is 12.1 Å². The van der Waals surface area contributed by atoms with E-state index >= 15 is 0 Å². The Labute approximate surface area is 343 Å². The first-order valence-corrected chi connectivity index (χ1v) is 18.7. The second-order valence-corrected chi connectivity index (χ2v) is 15.3. The fourth-order valence-corrected chi connectivity index (χ4v) is 6.81. The van der Waals surface area contributed by atoms with Gasteiger partial charge in [0.2, 0.25) is 0 Å². The van der Waals surface area contributed by atoms with Gasteiger partial charge in [-0.25, -0.2) is 9.59 Å². The van der Waals surface area contributed by atoms with E-state index in [2.05, 4.69) is 21.6 Å². The number of carbonyl (C=O) groups is 4. The first kappa shape index (κ1) is 45.0. The maximum Gasteiger partial charge on any atom is 0.348 e. The fraction of sp³-hybridized carbons (Fsp3) is 0.348. The van der Waals surface area contributed by atoms with E-state index < -0.39 is 35.2 Å². The third-order valence-corrected chi connectivity index (χ3v) is 10.5. The molecule has 2 saturated carbocycles. The lowest BCUT2D eigenvalue weighted by Gasteiger charge is -2.03. The molecule has 2 heterocycles. The molecule has 0 amide bonds. The third kappa shape index (κ3) is 11.9. The van der Waals surface area contributed by atoms with Gasteiger partial charge in [0, 0.05) is 24.0 Å². The van der Waals surface area contributed by atoms with Crippen LogP contribution in [0.2, 0.25) is 0 Å². The van der Waals surface area contributed by atoms with Crippen LogP contribution in [-0.2, 0) is 59.4 Å². The molecule has 2 aromatic carbocycles. The van der Waals surface area contributed by atoms with E-state index in [1.54, 1.807) is 32.4 Å². The predicted octanol–water partition coefficient (Wildman–Crippen LogP) is 7.14. The number of carboxylic acids is 1. The van der Waals surface area contributed by atoms with E-state index in [-0.39, 0.29) is 47.6 Å². The van der Waals surface area contributed by atoms with Crippen LogP contribution in [0.15, 0.2) is 117 Å². The van der Waals surface area contributed by atoms with Crippen LogP contribution in [0, 0.1) is 57.2 Å². The number of methoxy groups -OCH3 is 2. The molecule has 2 aliphatic carbocycles. The Balaban J connectivity index is 0.000000216. The van der Waals surface area contributed by atoms with Gasteiger partial charge in [-0.15, -0.1) is 0 Å². The molecule has 4 aromatic rings. The minimum Gasteiger partial charge on any atom is -0.481 e. The number of carboxylic acid groups (broad SMARTS) is 1. The topological polar surface area (TPSA) is 210 Å². The third-order valence-electron chi connectivity index (χ3n) is 10.5. The van der Waals surface area contributed by atoms with Crippen LogP contribution in [-0.4, -0.2) is 48.3 Å². The van der Waals surface area contributed by atoms with E-state index in [9.17, 15) is 19.2 Å². The molecule has 6 rings (SSSR count). The molecular weight excluding hydrogens is 757 g/mol. The molecule has 2 aromatic heterocycles. The van der Waals surface area contributed by atoms with Gasteiger partial charge in [0.1, 0.15) is 41.4 Å². The van der Waals surface area contributed by atoms with Crippen LogP contribution in [0.25, 0.3) is 0 Å². The van der Waals surface area contributed by atoms with Crippen molar-refractivity contribution >= 4 is 23.9 Å². The zero-order valence-electron chi connectivity index (χ0n) is 33.8. The molecule has 0 aliphatic heterocycles. The maximum atomic E-state index is 12.5. The highest BCUT2D eigenvalue weighted by molar-refractivity contribution is 5.93. The summed E-state index contributed by atoms with van der Waals surface area (Å²) in [5, 5.41) is 35.6. The largest absolute Gasteiger partial charge is 0.481 e. The number of nitrogens with zero attached hydrogens (tertiary/aromatic N) is 2. The molecule has 2 fully saturated rings. The van der Waals surface area contributed by atoms with Crippen LogP contribution >= 0.6 is 0 Å². The summed E-state index contributed by atoms with van der Waals surface area (Å²) in [6.45, 7) is 7.54. The quantitative estimate of drug-likeness (QED) is 0.0597. The molecule has 2 N–H and O–H groups in total. The molecule has 2 aliphatic rings. The highest BCUT2D eigenvalue weighted by Crippen LogP contribution is 2.60. The van der Waals surface area contributed by atoms with E-state index in [1.807, 2.05) is 80.6 Å². The van der Waals surface area contributed by atoms with Gasteiger partial charge in [-0.2, -0.15) is 10.5 Å². The summed E-state index contributed by atoms with van der Waals surface area (Å²) in [5.41, 5.74) is 2.93. The first-order valence-electron chi connectivity index (χ1n) is 18.7. The molecule has 0 radical (unpaired) electrons. The SMILES string of the molecule is COC(=O)/C(C#N)=C/C1C(C(=O)O)C1(C)C.COC(=O)/C(C#N)=C/C1C(C(=O)OCc2coc(Cc3ccccc3)c2)C1(C)C.OCc1coc(Cc2ccccc2)c1. The van der Waals surface area contributed by atoms with Crippen LogP contribution < -0.4 is 0 Å². The van der Waals surface area contributed by atoms with Crippen molar-refractivity contribution in [1.82, 2.24) is 0 Å². The van der Waals surface area contributed by atoms with Crippen molar-refractivity contribution in [3.63, 3.8) is 0 Å². The van der Waals surface area contributed by atoms with Gasteiger partial charge in [0.05, 0.1) is 45.2 Å². The van der Waals surface area contributed by atoms with E-state index in [4.69, 9.17) is 34.3 Å². The van der Waals surface area contributed by atoms with Gasteiger partial charge in [0.25, 0.3) is 0 Å². The van der Waals surface area contributed by atoms with Crippen LogP contribution in [0.4, 0.5) is 0 Å². The summed E-state index contributed by atoms with van der Waals surface area (Å²) in [7, 11) is 2.40. The fourth-order valence-electron chi connectivity index (χ4n) is 6.81. The Morgan fingerprint density at radius 1 is 0.695 bits per heavy atom. The summed E-state index contributed by atoms with van der Waals surface area (Å²) in [4.78, 5) is 46.1. The Hall–Kier alpha value is -6.70. The Kier molecular flexibility index (Phi) is 15.4. The number of aliphatic hydroxyl groups is 1. The molecule has 4 atom stereocenters. The highest BCUT2D eigenvalue weighted by Gasteiger charge is 2.62. The molecule has 0 spiro atoms. The minimum absolute atomic E-state index is 0.0400. The van der Waals surface area contributed by atoms with Gasteiger partial charge in [-0.3, -0.25) is 9.59 Å². The van der Waals surface area contributed by atoms with Crippen molar-refractivity contribution in [1.29, 1.82) is 10.5 Å². The number of hydrogen-bond donors (Lipinski definition) is 2. The summed E-state index contributed by atoms with van der Waals surface area (Å²) < 4.78 is 25.3. The van der Waals surface area contributed by atoms with Crippen molar-refractivity contribution in [3.05, 3.63) is 142 Å². The molecule has 0 bridgehead atoms. The Morgan fingerprint density at radius 2 is 1.12 bits per heavy atom. The lowest BCUT2D eigenvalue weighted by Crippen LogP contribution is -2.10. The number of benzene rings is 2. The molecule has 13 heteroatoms. The van der Waals surface area contributed by atoms with Crippen LogP contribution in [0.3, 0.4) is 0 Å². The Bertz CT molecular complexity index is 2230. The molecule has 0 saturated heterocycles. The minimum atomic E-state index is -0.909. The number of furan rings is 2. The number of nitriles is 2. The number of carbonyl (C=O) groups excluding carboxylic acids is 3. The smallest absolute Gasteiger partial charge is 0.348 e. The van der Waals surface area contributed by atoms with E-state index in [0.717, 1.165) is 34.6 Å². The number of aliphatic carboxylic acids is 1. The molecule has 13 nitrogen and oxygen atoms in total. The summed E-state index contributed by atoms with van der Waals surface area (Å²) in [6, 6.07) is 27.4. The van der Waals surface area contributed by atoms with Crippen molar-refractivity contribution in [2.45, 2.75) is 53.8 Å². The lowest BCUT2D eigenvalue weighted by atomic mass is 10.1. The number of esters is 3. The van der Waals surface area contributed by atoms with Crippen LogP contribution in [0.1, 0.15) is 61.5 Å². The van der Waals surface area contributed by atoms with Gasteiger partial charge in [-0.1, -0.05) is 101 Å². The number of allylic oxidation sites excluding steroid dienone is 2. The maximum absolute atomic E-state index is 12.5. The van der Waals surface area contributed by atoms with Gasteiger partial charge in [-0.05, 0) is 45.9 Å². The highest BCUT2D eigenvalue weighted by atomic mass is 16.5. The first-order chi connectivity index (χ1) is 28.1. The number of ether oxygens (including phenoxy) is 3. The van der Waals surface area contributed by atoms with E-state index in [0.29, 0.717) is 6.42 Å². The molecule has 308 valence electrons. The van der Waals surface area contributed by atoms with Gasteiger partial charge < -0.3 is 33.3 Å². The number of hydrogen-bond acceptors (Lipinski definition) is 12. The zero-order chi connectivity index (χ0) is 43.3. The molecule has 4 unspecified atom stereocenters. The number of rotatable bonds is 13. The monoisotopic (exact) mass is 804 g/mol. The Morgan fingerprint density at radius 3 is 1.51 bits per heavy atom.